The second-order valence-corrected chi connectivity index (χ2v) is 11.4. The Balaban J connectivity index is 1.74. The summed E-state index contributed by atoms with van der Waals surface area (Å²) < 4.78 is 47.6. The summed E-state index contributed by atoms with van der Waals surface area (Å²) in [6.07, 6.45) is 0.265. The number of carboxylic acid groups (broad SMARTS) is 1. The number of carbonyl (C=O) groups is 3. The first-order valence-corrected chi connectivity index (χ1v) is 13.4. The second-order valence-electron chi connectivity index (χ2n) is 9.28. The molecular formula is C26H27FN4O7S. The topological polar surface area (TPSA) is 139 Å². The van der Waals surface area contributed by atoms with Gasteiger partial charge in [0.05, 0.1) is 11.3 Å². The number of benzene rings is 2. The average Bonchev–Trinajstić information content (AvgIpc) is 3.23. The van der Waals surface area contributed by atoms with Crippen LogP contribution in [0.3, 0.4) is 0 Å². The summed E-state index contributed by atoms with van der Waals surface area (Å²) >= 11 is 0. The van der Waals surface area contributed by atoms with Crippen LogP contribution in [-0.4, -0.2) is 70.3 Å². The lowest BCUT2D eigenvalue weighted by molar-refractivity contribution is -0.128. The Hall–Kier alpha value is -4.10. The van der Waals surface area contributed by atoms with E-state index in [2.05, 4.69) is 5.10 Å². The summed E-state index contributed by atoms with van der Waals surface area (Å²) in [4.78, 5) is 37.4. The molecule has 1 aliphatic heterocycles. The molecule has 4 rings (SSSR count). The lowest BCUT2D eigenvalue weighted by atomic mass is 9.94. The molecular weight excluding hydrogens is 531 g/mol. The van der Waals surface area contributed by atoms with Gasteiger partial charge in [0.25, 0.3) is 5.91 Å². The van der Waals surface area contributed by atoms with Crippen LogP contribution in [0, 0.1) is 12.7 Å². The van der Waals surface area contributed by atoms with Gasteiger partial charge in [0.1, 0.15) is 12.4 Å². The zero-order valence-electron chi connectivity index (χ0n) is 21.5. The van der Waals surface area contributed by atoms with Crippen molar-refractivity contribution in [3.63, 3.8) is 0 Å². The monoisotopic (exact) mass is 558 g/mol. The van der Waals surface area contributed by atoms with Gasteiger partial charge in [-0.25, -0.2) is 13.5 Å². The number of aromatic carboxylic acids is 1. The zero-order chi connectivity index (χ0) is 28.5. The van der Waals surface area contributed by atoms with Crippen molar-refractivity contribution in [1.29, 1.82) is 0 Å². The van der Waals surface area contributed by atoms with Crippen LogP contribution in [0.15, 0.2) is 48.5 Å². The molecule has 1 atom stereocenters. The fourth-order valence-electron chi connectivity index (χ4n) is 4.29. The highest BCUT2D eigenvalue weighted by Gasteiger charge is 2.38. The first-order chi connectivity index (χ1) is 18.4. The molecule has 1 aromatic heterocycles. The molecule has 0 radical (unpaired) electrons. The van der Waals surface area contributed by atoms with Gasteiger partial charge in [0.2, 0.25) is 11.8 Å². The summed E-state index contributed by atoms with van der Waals surface area (Å²) in [7, 11) is -1.37. The summed E-state index contributed by atoms with van der Waals surface area (Å²) in [6, 6.07) is 11.1. The predicted molar refractivity (Wildman–Crippen MR) is 137 cm³/mol. The van der Waals surface area contributed by atoms with Gasteiger partial charge in [-0.3, -0.25) is 9.59 Å². The number of amides is 1. The zero-order valence-corrected chi connectivity index (χ0v) is 22.3. The number of ether oxygens (including phenoxy) is 1. The molecule has 0 aliphatic carbocycles. The van der Waals surface area contributed by atoms with Gasteiger partial charge in [0, 0.05) is 44.1 Å². The highest BCUT2D eigenvalue weighted by molar-refractivity contribution is 7.87. The van der Waals surface area contributed by atoms with Crippen molar-refractivity contribution in [2.45, 2.75) is 32.3 Å². The molecule has 0 spiro atoms. The quantitative estimate of drug-likeness (QED) is 0.445. The van der Waals surface area contributed by atoms with Crippen molar-refractivity contribution in [3.05, 3.63) is 82.3 Å². The molecule has 0 bridgehead atoms. The molecule has 206 valence electrons. The van der Waals surface area contributed by atoms with Crippen molar-refractivity contribution in [1.82, 2.24) is 18.4 Å². The van der Waals surface area contributed by atoms with Gasteiger partial charge in [0.15, 0.2) is 0 Å². The number of carbonyl (C=O) groups excluding carboxylic acids is 2. The van der Waals surface area contributed by atoms with E-state index in [9.17, 15) is 32.3 Å². The molecule has 1 N–H and O–H groups in total. The van der Waals surface area contributed by atoms with Crippen LogP contribution >= 0.6 is 0 Å². The Bertz CT molecular complexity index is 1530. The van der Waals surface area contributed by atoms with E-state index in [-0.39, 0.29) is 36.6 Å². The number of aromatic nitrogens is 2. The van der Waals surface area contributed by atoms with Crippen molar-refractivity contribution in [2.75, 3.05) is 20.6 Å². The van der Waals surface area contributed by atoms with Crippen LogP contribution in [0.5, 0.6) is 5.88 Å². The largest absolute Gasteiger partial charge is 0.478 e. The number of hydrogen-bond acceptors (Lipinski definition) is 7. The summed E-state index contributed by atoms with van der Waals surface area (Å²) in [5.74, 6) is -3.27. The van der Waals surface area contributed by atoms with Crippen LogP contribution in [0.4, 0.5) is 4.39 Å². The molecule has 0 saturated carbocycles. The molecule has 11 nitrogen and oxygen atoms in total. The Morgan fingerprint density at radius 1 is 1.15 bits per heavy atom. The molecule has 1 aliphatic rings. The van der Waals surface area contributed by atoms with E-state index in [0.717, 1.165) is 13.3 Å². The van der Waals surface area contributed by atoms with Gasteiger partial charge < -0.3 is 9.84 Å². The van der Waals surface area contributed by atoms with Crippen LogP contribution in [0.2, 0.25) is 0 Å². The Morgan fingerprint density at radius 3 is 2.46 bits per heavy atom. The lowest BCUT2D eigenvalue weighted by Crippen LogP contribution is -2.48. The molecule has 3 aromatic rings. The van der Waals surface area contributed by atoms with E-state index in [0.29, 0.717) is 23.2 Å². The van der Waals surface area contributed by atoms with Gasteiger partial charge in [-0.2, -0.15) is 22.5 Å². The molecule has 1 fully saturated rings. The fourth-order valence-corrected chi connectivity index (χ4v) is 5.40. The van der Waals surface area contributed by atoms with Crippen molar-refractivity contribution < 1.29 is 37.0 Å². The van der Waals surface area contributed by atoms with Gasteiger partial charge >= 0.3 is 16.2 Å². The number of piperidine rings is 1. The van der Waals surface area contributed by atoms with Crippen molar-refractivity contribution in [2.24, 2.45) is 0 Å². The third-order valence-electron chi connectivity index (χ3n) is 6.44. The van der Waals surface area contributed by atoms with Gasteiger partial charge in [-0.1, -0.05) is 18.2 Å². The molecule has 2 heterocycles. The predicted octanol–water partition coefficient (Wildman–Crippen LogP) is 2.81. The van der Waals surface area contributed by atoms with Crippen LogP contribution in [-0.2, 0) is 21.6 Å². The molecule has 1 amide bonds. The van der Waals surface area contributed by atoms with Crippen molar-refractivity contribution >= 4 is 28.0 Å². The van der Waals surface area contributed by atoms with Crippen LogP contribution < -0.4 is 4.74 Å². The third kappa shape index (κ3) is 5.68. The summed E-state index contributed by atoms with van der Waals surface area (Å²) in [5.41, 5.74) is 1.41. The molecule has 39 heavy (non-hydrogen) atoms. The summed E-state index contributed by atoms with van der Waals surface area (Å²) in [5, 5.41) is 13.8. The number of halogens is 1. The average molecular weight is 559 g/mol. The van der Waals surface area contributed by atoms with E-state index >= 15 is 0 Å². The first kappa shape index (κ1) is 27.9. The standard InChI is InChI=1S/C26H27FN4O7S/c1-16-23(20-9-12-22(32)30(14-20)39(36,37)29(2)3)28-31(24(33)18-5-4-6-19(13-18)26(34)35)25(16)38-15-17-7-10-21(27)11-8-17/h4-8,10-11,13,20H,9,12,14-15H2,1-3H3,(H,34,35). The number of hydrogen-bond donors (Lipinski definition) is 1. The van der Waals surface area contributed by atoms with Gasteiger partial charge in [-0.15, -0.1) is 0 Å². The van der Waals surface area contributed by atoms with Gasteiger partial charge in [-0.05, 0) is 49.2 Å². The minimum Gasteiger partial charge on any atom is -0.478 e. The van der Waals surface area contributed by atoms with E-state index in [1.807, 2.05) is 0 Å². The minimum absolute atomic E-state index is 0.0288. The highest BCUT2D eigenvalue weighted by atomic mass is 32.2. The Kier molecular flexibility index (Phi) is 7.84. The third-order valence-corrected chi connectivity index (χ3v) is 8.27. The normalized spacial score (nSPS) is 16.0. The van der Waals surface area contributed by atoms with E-state index < -0.39 is 39.7 Å². The molecule has 13 heteroatoms. The Morgan fingerprint density at radius 2 is 1.82 bits per heavy atom. The number of rotatable bonds is 8. The first-order valence-electron chi connectivity index (χ1n) is 12.0. The highest BCUT2D eigenvalue weighted by Crippen LogP contribution is 2.35. The molecule has 1 unspecified atom stereocenters. The molecule has 1 saturated heterocycles. The number of nitrogens with zero attached hydrogens (tertiary/aromatic N) is 4. The minimum atomic E-state index is -4.03. The Labute approximate surface area is 224 Å². The SMILES string of the molecule is Cc1c(C2CCC(=O)N(S(=O)(=O)N(C)C)C2)nn(C(=O)c2cccc(C(=O)O)c2)c1OCc1ccc(F)cc1. The second kappa shape index (κ2) is 10.9. The van der Waals surface area contributed by atoms with E-state index in [1.165, 1.54) is 62.6 Å². The smallest absolute Gasteiger partial charge is 0.335 e. The molecule has 2 aromatic carbocycles. The van der Waals surface area contributed by atoms with Crippen LogP contribution in [0.25, 0.3) is 0 Å². The lowest BCUT2D eigenvalue weighted by Gasteiger charge is -2.32. The van der Waals surface area contributed by atoms with Crippen molar-refractivity contribution in [3.8, 4) is 5.88 Å². The summed E-state index contributed by atoms with van der Waals surface area (Å²) in [6.45, 7) is 1.47. The fraction of sp³-hybridized carbons (Fsp3) is 0.308. The maximum Gasteiger partial charge on any atom is 0.335 e. The number of carboxylic acids is 1. The maximum absolute atomic E-state index is 13.5. The van der Waals surface area contributed by atoms with E-state index in [1.54, 1.807) is 6.92 Å². The van der Waals surface area contributed by atoms with Crippen LogP contribution in [0.1, 0.15) is 56.3 Å². The van der Waals surface area contributed by atoms with E-state index in [4.69, 9.17) is 4.74 Å². The maximum atomic E-state index is 13.5.